The standard InChI is InChI=1S/C8H14F3NO.ClH/c9-8(10,11)6-13-5-7-1-3-12-4-2-7;/h7,12H,1-6H2;1H. The topological polar surface area (TPSA) is 21.3 Å². The van der Waals surface area contributed by atoms with Gasteiger partial charge in [-0.3, -0.25) is 0 Å². The molecule has 1 aliphatic rings. The summed E-state index contributed by atoms with van der Waals surface area (Å²) in [6.07, 6.45) is -2.36. The molecule has 14 heavy (non-hydrogen) atoms. The maximum absolute atomic E-state index is 11.7. The number of ether oxygens (including phenoxy) is 1. The zero-order valence-corrected chi connectivity index (χ0v) is 8.59. The first-order valence-corrected chi connectivity index (χ1v) is 4.43. The molecule has 0 bridgehead atoms. The maximum Gasteiger partial charge on any atom is 0.411 e. The van der Waals surface area contributed by atoms with E-state index in [1.165, 1.54) is 0 Å². The van der Waals surface area contributed by atoms with Crippen LogP contribution < -0.4 is 5.32 Å². The van der Waals surface area contributed by atoms with Crippen molar-refractivity contribution in [3.63, 3.8) is 0 Å². The third-order valence-electron chi connectivity index (χ3n) is 2.08. The highest BCUT2D eigenvalue weighted by atomic mass is 35.5. The summed E-state index contributed by atoms with van der Waals surface area (Å²) in [4.78, 5) is 0. The van der Waals surface area contributed by atoms with Crippen molar-refractivity contribution in [2.24, 2.45) is 5.92 Å². The van der Waals surface area contributed by atoms with Gasteiger partial charge in [-0.1, -0.05) is 0 Å². The van der Waals surface area contributed by atoms with Crippen LogP contribution in [0.1, 0.15) is 12.8 Å². The molecule has 1 saturated heterocycles. The SMILES string of the molecule is Cl.FC(F)(F)COCC1CCNCC1. The number of halogens is 4. The molecule has 1 heterocycles. The number of hydrogen-bond acceptors (Lipinski definition) is 2. The molecule has 0 aliphatic carbocycles. The molecule has 1 fully saturated rings. The Morgan fingerprint density at radius 1 is 1.21 bits per heavy atom. The van der Waals surface area contributed by atoms with Crippen molar-refractivity contribution in [2.75, 3.05) is 26.3 Å². The van der Waals surface area contributed by atoms with E-state index in [-0.39, 0.29) is 19.0 Å². The Hall–Kier alpha value is -0.0000000000000000416. The average molecular weight is 234 g/mol. The largest absolute Gasteiger partial charge is 0.411 e. The molecule has 0 radical (unpaired) electrons. The molecule has 0 unspecified atom stereocenters. The van der Waals surface area contributed by atoms with E-state index in [1.54, 1.807) is 0 Å². The van der Waals surface area contributed by atoms with Crippen molar-refractivity contribution in [2.45, 2.75) is 19.0 Å². The van der Waals surface area contributed by atoms with Crippen molar-refractivity contribution in [1.29, 1.82) is 0 Å². The van der Waals surface area contributed by atoms with E-state index in [1.807, 2.05) is 0 Å². The van der Waals surface area contributed by atoms with Gasteiger partial charge in [-0.05, 0) is 31.8 Å². The van der Waals surface area contributed by atoms with Crippen LogP contribution in [0.15, 0.2) is 0 Å². The Kier molecular flexibility index (Phi) is 6.48. The summed E-state index contributed by atoms with van der Waals surface area (Å²) in [5.41, 5.74) is 0. The zero-order chi connectivity index (χ0) is 9.73. The van der Waals surface area contributed by atoms with E-state index in [2.05, 4.69) is 10.1 Å². The van der Waals surface area contributed by atoms with Gasteiger partial charge in [0.05, 0.1) is 0 Å². The molecule has 0 aromatic rings. The Labute approximate surface area is 87.6 Å². The molecular weight excluding hydrogens is 219 g/mol. The summed E-state index contributed by atoms with van der Waals surface area (Å²) in [6.45, 7) is 0.901. The van der Waals surface area contributed by atoms with Gasteiger partial charge in [-0.2, -0.15) is 13.2 Å². The normalized spacial score (nSPS) is 19.1. The summed E-state index contributed by atoms with van der Waals surface area (Å²) in [5.74, 6) is 0.295. The predicted molar refractivity (Wildman–Crippen MR) is 49.7 cm³/mol. The van der Waals surface area contributed by atoms with Crippen molar-refractivity contribution in [3.8, 4) is 0 Å². The lowest BCUT2D eigenvalue weighted by molar-refractivity contribution is -0.177. The van der Waals surface area contributed by atoms with Crippen molar-refractivity contribution < 1.29 is 17.9 Å². The van der Waals surface area contributed by atoms with Gasteiger partial charge in [0.15, 0.2) is 0 Å². The smallest absolute Gasteiger partial charge is 0.372 e. The van der Waals surface area contributed by atoms with Gasteiger partial charge in [0, 0.05) is 6.61 Å². The Morgan fingerprint density at radius 3 is 2.29 bits per heavy atom. The molecule has 0 amide bonds. The Morgan fingerprint density at radius 2 is 1.79 bits per heavy atom. The van der Waals surface area contributed by atoms with Crippen LogP contribution >= 0.6 is 12.4 Å². The van der Waals surface area contributed by atoms with Gasteiger partial charge in [0.1, 0.15) is 6.61 Å². The van der Waals surface area contributed by atoms with Gasteiger partial charge in [-0.15, -0.1) is 12.4 Å². The predicted octanol–water partition coefficient (Wildman–Crippen LogP) is 1.99. The molecule has 1 N–H and O–H groups in total. The van der Waals surface area contributed by atoms with Crippen LogP contribution in [0.3, 0.4) is 0 Å². The highest BCUT2D eigenvalue weighted by Gasteiger charge is 2.28. The lowest BCUT2D eigenvalue weighted by Gasteiger charge is -2.22. The van der Waals surface area contributed by atoms with Crippen LogP contribution in [-0.2, 0) is 4.74 Å². The second-order valence-electron chi connectivity index (χ2n) is 3.32. The number of piperidine rings is 1. The fraction of sp³-hybridized carbons (Fsp3) is 1.00. The molecule has 6 heteroatoms. The summed E-state index contributed by atoms with van der Waals surface area (Å²) in [7, 11) is 0. The van der Waals surface area contributed by atoms with Crippen LogP contribution in [0, 0.1) is 5.92 Å². The minimum atomic E-state index is -4.19. The second-order valence-corrected chi connectivity index (χ2v) is 3.32. The van der Waals surface area contributed by atoms with Gasteiger partial charge >= 0.3 is 6.18 Å². The van der Waals surface area contributed by atoms with Crippen LogP contribution in [0.25, 0.3) is 0 Å². The maximum atomic E-state index is 11.7. The minimum Gasteiger partial charge on any atom is -0.372 e. The van der Waals surface area contributed by atoms with E-state index in [0.717, 1.165) is 25.9 Å². The van der Waals surface area contributed by atoms with E-state index in [0.29, 0.717) is 5.92 Å². The van der Waals surface area contributed by atoms with Crippen LogP contribution in [0.4, 0.5) is 13.2 Å². The molecule has 1 rings (SSSR count). The van der Waals surface area contributed by atoms with Crippen LogP contribution in [0.2, 0.25) is 0 Å². The molecule has 86 valence electrons. The number of rotatable bonds is 3. The second kappa shape index (κ2) is 6.48. The third kappa shape index (κ3) is 6.45. The Balaban J connectivity index is 0.00000169. The first kappa shape index (κ1) is 14.0. The van der Waals surface area contributed by atoms with Gasteiger partial charge in [0.25, 0.3) is 0 Å². The number of hydrogen-bond donors (Lipinski definition) is 1. The number of nitrogens with one attached hydrogen (secondary N) is 1. The summed E-state index contributed by atoms with van der Waals surface area (Å²) in [5, 5.41) is 3.14. The monoisotopic (exact) mass is 233 g/mol. The highest BCUT2D eigenvalue weighted by Crippen LogP contribution is 2.17. The molecule has 2 nitrogen and oxygen atoms in total. The van der Waals surface area contributed by atoms with E-state index >= 15 is 0 Å². The first-order valence-electron chi connectivity index (χ1n) is 4.43. The molecule has 0 aromatic heterocycles. The average Bonchev–Trinajstić information content (AvgIpc) is 2.04. The third-order valence-corrected chi connectivity index (χ3v) is 2.08. The van der Waals surface area contributed by atoms with Crippen molar-refractivity contribution in [3.05, 3.63) is 0 Å². The van der Waals surface area contributed by atoms with E-state index in [4.69, 9.17) is 0 Å². The number of alkyl halides is 3. The van der Waals surface area contributed by atoms with Crippen LogP contribution in [0.5, 0.6) is 0 Å². The molecular formula is C8H15ClF3NO. The Bertz CT molecular complexity index is 148. The molecule has 0 saturated carbocycles. The van der Waals surface area contributed by atoms with Crippen molar-refractivity contribution >= 4 is 12.4 Å². The zero-order valence-electron chi connectivity index (χ0n) is 7.77. The van der Waals surface area contributed by atoms with E-state index < -0.39 is 12.8 Å². The summed E-state index contributed by atoms with van der Waals surface area (Å²) in [6, 6.07) is 0. The first-order chi connectivity index (χ1) is 6.08. The minimum absolute atomic E-state index is 0. The summed E-state index contributed by atoms with van der Waals surface area (Å²) < 4.78 is 39.6. The molecule has 1 aliphatic heterocycles. The van der Waals surface area contributed by atoms with Crippen LogP contribution in [-0.4, -0.2) is 32.5 Å². The molecule has 0 atom stereocenters. The van der Waals surface area contributed by atoms with E-state index in [9.17, 15) is 13.2 Å². The van der Waals surface area contributed by atoms with Gasteiger partial charge in [0.2, 0.25) is 0 Å². The lowest BCUT2D eigenvalue weighted by atomic mass is 9.99. The fourth-order valence-electron chi connectivity index (χ4n) is 1.39. The van der Waals surface area contributed by atoms with Gasteiger partial charge < -0.3 is 10.1 Å². The molecule has 0 spiro atoms. The lowest BCUT2D eigenvalue weighted by Crippen LogP contribution is -2.31. The van der Waals surface area contributed by atoms with Gasteiger partial charge in [-0.25, -0.2) is 0 Å². The summed E-state index contributed by atoms with van der Waals surface area (Å²) >= 11 is 0. The fourth-order valence-corrected chi connectivity index (χ4v) is 1.39. The highest BCUT2D eigenvalue weighted by molar-refractivity contribution is 5.85. The quantitative estimate of drug-likeness (QED) is 0.805. The molecule has 0 aromatic carbocycles. The van der Waals surface area contributed by atoms with Crippen molar-refractivity contribution in [1.82, 2.24) is 5.32 Å².